The summed E-state index contributed by atoms with van der Waals surface area (Å²) >= 11 is 0. The molecule has 6 heteroatoms. The van der Waals surface area contributed by atoms with Crippen LogP contribution in [-0.2, 0) is 13.6 Å². The van der Waals surface area contributed by atoms with Gasteiger partial charge in [0.2, 0.25) is 0 Å². The third kappa shape index (κ3) is 1.89. The van der Waals surface area contributed by atoms with E-state index in [9.17, 15) is 0 Å². The van der Waals surface area contributed by atoms with Crippen molar-refractivity contribution in [2.45, 2.75) is 13.5 Å². The lowest BCUT2D eigenvalue weighted by Gasteiger charge is -1.92. The van der Waals surface area contributed by atoms with Gasteiger partial charge in [-0.2, -0.15) is 10.1 Å². The summed E-state index contributed by atoms with van der Waals surface area (Å²) in [6.07, 6.45) is 0. The van der Waals surface area contributed by atoms with Gasteiger partial charge in [-0.05, 0) is 20.0 Å². The predicted octanol–water partition coefficient (Wildman–Crippen LogP) is 0.498. The summed E-state index contributed by atoms with van der Waals surface area (Å²) in [5.74, 6) is 1.15. The van der Waals surface area contributed by atoms with E-state index >= 15 is 0 Å². The molecular weight excluding hydrogens is 194 g/mol. The van der Waals surface area contributed by atoms with E-state index in [1.54, 1.807) is 4.68 Å². The normalized spacial score (nSPS) is 10.9. The van der Waals surface area contributed by atoms with Crippen molar-refractivity contribution in [2.24, 2.45) is 7.05 Å². The largest absolute Gasteiger partial charge is 0.332 e. The molecule has 2 aromatic rings. The molecule has 6 nitrogen and oxygen atoms in total. The van der Waals surface area contributed by atoms with Gasteiger partial charge in [0, 0.05) is 7.05 Å². The second-order valence-electron chi connectivity index (χ2n) is 3.34. The van der Waals surface area contributed by atoms with Gasteiger partial charge in [-0.1, -0.05) is 5.16 Å². The van der Waals surface area contributed by atoms with E-state index in [0.29, 0.717) is 18.3 Å². The molecule has 0 saturated heterocycles. The van der Waals surface area contributed by atoms with E-state index in [-0.39, 0.29) is 0 Å². The van der Waals surface area contributed by atoms with Gasteiger partial charge < -0.3 is 9.84 Å². The van der Waals surface area contributed by atoms with E-state index in [1.165, 1.54) is 0 Å². The number of hydrogen-bond donors (Lipinski definition) is 1. The maximum atomic E-state index is 5.14. The van der Waals surface area contributed by atoms with Gasteiger partial charge in [-0.15, -0.1) is 0 Å². The molecule has 0 atom stereocenters. The summed E-state index contributed by atoms with van der Waals surface area (Å²) in [5, 5.41) is 11.0. The van der Waals surface area contributed by atoms with Crippen molar-refractivity contribution in [1.82, 2.24) is 25.2 Å². The van der Waals surface area contributed by atoms with E-state index < -0.39 is 0 Å². The average molecular weight is 207 g/mol. The van der Waals surface area contributed by atoms with Crippen molar-refractivity contribution in [3.05, 3.63) is 17.6 Å². The van der Waals surface area contributed by atoms with Crippen molar-refractivity contribution >= 4 is 0 Å². The van der Waals surface area contributed by atoms with Crippen molar-refractivity contribution in [1.29, 1.82) is 0 Å². The first-order valence-corrected chi connectivity index (χ1v) is 4.69. The first-order chi connectivity index (χ1) is 7.20. The zero-order valence-electron chi connectivity index (χ0n) is 8.98. The minimum absolute atomic E-state index is 0.503. The lowest BCUT2D eigenvalue weighted by molar-refractivity contribution is 0.417. The Morgan fingerprint density at radius 2 is 2.33 bits per heavy atom. The molecule has 0 radical (unpaired) electrons. The average Bonchev–Trinajstić information content (AvgIpc) is 2.73. The van der Waals surface area contributed by atoms with Crippen molar-refractivity contribution in [3.63, 3.8) is 0 Å². The molecule has 0 aliphatic rings. The summed E-state index contributed by atoms with van der Waals surface area (Å²) in [5.41, 5.74) is 1.77. The van der Waals surface area contributed by atoms with Gasteiger partial charge in [0.05, 0.1) is 12.2 Å². The Labute approximate surface area is 87.3 Å². The number of aryl methyl sites for hydroxylation is 2. The third-order valence-corrected chi connectivity index (χ3v) is 2.02. The maximum Gasteiger partial charge on any atom is 0.276 e. The maximum absolute atomic E-state index is 5.14. The fourth-order valence-electron chi connectivity index (χ4n) is 1.40. The Kier molecular flexibility index (Phi) is 2.51. The molecule has 0 amide bonds. The van der Waals surface area contributed by atoms with Gasteiger partial charge in [0.25, 0.3) is 5.89 Å². The predicted molar refractivity (Wildman–Crippen MR) is 54.0 cm³/mol. The van der Waals surface area contributed by atoms with Crippen LogP contribution in [0.4, 0.5) is 0 Å². The highest BCUT2D eigenvalue weighted by atomic mass is 16.5. The lowest BCUT2D eigenvalue weighted by Crippen LogP contribution is -2.06. The molecule has 0 bridgehead atoms. The quantitative estimate of drug-likeness (QED) is 0.793. The Hall–Kier alpha value is -1.69. The molecule has 1 N–H and O–H groups in total. The zero-order chi connectivity index (χ0) is 10.8. The van der Waals surface area contributed by atoms with Crippen LogP contribution < -0.4 is 5.32 Å². The minimum atomic E-state index is 0.503. The monoisotopic (exact) mass is 207 g/mol. The van der Waals surface area contributed by atoms with Crippen LogP contribution in [0.3, 0.4) is 0 Å². The van der Waals surface area contributed by atoms with Gasteiger partial charge in [-0.3, -0.25) is 4.68 Å². The molecule has 0 aromatic carbocycles. The van der Waals surface area contributed by atoms with Crippen molar-refractivity contribution in [3.8, 4) is 11.6 Å². The van der Waals surface area contributed by atoms with E-state index in [4.69, 9.17) is 4.52 Å². The van der Waals surface area contributed by atoms with Crippen LogP contribution >= 0.6 is 0 Å². The molecule has 0 spiro atoms. The van der Waals surface area contributed by atoms with Crippen LogP contribution in [0, 0.1) is 6.92 Å². The van der Waals surface area contributed by atoms with Crippen molar-refractivity contribution < 1.29 is 4.52 Å². The highest BCUT2D eigenvalue weighted by Crippen LogP contribution is 2.17. The molecular formula is C9H13N5O. The minimum Gasteiger partial charge on any atom is -0.332 e. The molecule has 0 saturated carbocycles. The van der Waals surface area contributed by atoms with Crippen molar-refractivity contribution in [2.75, 3.05) is 7.05 Å². The molecule has 2 rings (SSSR count). The summed E-state index contributed by atoms with van der Waals surface area (Å²) in [4.78, 5) is 4.24. The second-order valence-corrected chi connectivity index (χ2v) is 3.34. The van der Waals surface area contributed by atoms with Gasteiger partial charge in [-0.25, -0.2) is 0 Å². The molecule has 2 aromatic heterocycles. The van der Waals surface area contributed by atoms with Gasteiger partial charge in [0.1, 0.15) is 5.69 Å². The smallest absolute Gasteiger partial charge is 0.276 e. The number of nitrogens with zero attached hydrogens (tertiary/aromatic N) is 4. The molecule has 0 aliphatic heterocycles. The highest BCUT2D eigenvalue weighted by molar-refractivity contribution is 5.47. The molecule has 0 aliphatic carbocycles. The summed E-state index contributed by atoms with van der Waals surface area (Å²) in [6, 6.07) is 1.91. The summed E-state index contributed by atoms with van der Waals surface area (Å²) in [7, 11) is 3.69. The topological polar surface area (TPSA) is 68.8 Å². The Bertz CT molecular complexity index is 459. The van der Waals surface area contributed by atoms with E-state index in [2.05, 4.69) is 20.6 Å². The lowest BCUT2D eigenvalue weighted by atomic mass is 10.4. The molecule has 0 fully saturated rings. The molecule has 0 unspecified atom stereocenters. The standard InChI is InChI=1S/C9H13N5O/c1-6-4-7(14(3)12-6)9-11-8(5-10-2)13-15-9/h4,10H,5H2,1-3H3. The van der Waals surface area contributed by atoms with Crippen LogP contribution in [0.2, 0.25) is 0 Å². The van der Waals surface area contributed by atoms with Crippen LogP contribution in [0.25, 0.3) is 11.6 Å². The Morgan fingerprint density at radius 3 is 2.93 bits per heavy atom. The van der Waals surface area contributed by atoms with Crippen LogP contribution in [0.1, 0.15) is 11.5 Å². The third-order valence-electron chi connectivity index (χ3n) is 2.02. The Morgan fingerprint density at radius 1 is 1.53 bits per heavy atom. The number of nitrogens with one attached hydrogen (secondary N) is 1. The van der Waals surface area contributed by atoms with E-state index in [0.717, 1.165) is 11.4 Å². The van der Waals surface area contributed by atoms with Crippen LogP contribution in [-0.4, -0.2) is 27.0 Å². The van der Waals surface area contributed by atoms with Crippen LogP contribution in [0.15, 0.2) is 10.6 Å². The number of hydrogen-bond acceptors (Lipinski definition) is 5. The van der Waals surface area contributed by atoms with E-state index in [1.807, 2.05) is 27.1 Å². The zero-order valence-corrected chi connectivity index (χ0v) is 8.98. The summed E-state index contributed by atoms with van der Waals surface area (Å²) in [6.45, 7) is 2.52. The SMILES string of the molecule is CNCc1noc(-c2cc(C)nn2C)n1. The fourth-order valence-corrected chi connectivity index (χ4v) is 1.40. The fraction of sp³-hybridized carbons (Fsp3) is 0.444. The molecule has 15 heavy (non-hydrogen) atoms. The van der Waals surface area contributed by atoms with Crippen LogP contribution in [0.5, 0.6) is 0 Å². The Balaban J connectivity index is 2.32. The number of aromatic nitrogens is 4. The molecule has 2 heterocycles. The molecule has 80 valence electrons. The highest BCUT2D eigenvalue weighted by Gasteiger charge is 2.12. The first kappa shape index (κ1) is 9.85. The first-order valence-electron chi connectivity index (χ1n) is 4.69. The number of rotatable bonds is 3. The van der Waals surface area contributed by atoms with Gasteiger partial charge >= 0.3 is 0 Å². The summed E-state index contributed by atoms with van der Waals surface area (Å²) < 4.78 is 6.86. The van der Waals surface area contributed by atoms with Gasteiger partial charge in [0.15, 0.2) is 5.82 Å². The second kappa shape index (κ2) is 3.82.